The fourth-order valence-corrected chi connectivity index (χ4v) is 2.66. The summed E-state index contributed by atoms with van der Waals surface area (Å²) in [6, 6.07) is 16.4. The number of ether oxygens (including phenoxy) is 1. The second-order valence-corrected chi connectivity index (χ2v) is 6.04. The molecule has 2 amide bonds. The first-order valence-electron chi connectivity index (χ1n) is 8.78. The fraction of sp³-hybridized carbons (Fsp3) is 0.286. The highest BCUT2D eigenvalue weighted by Crippen LogP contribution is 2.16. The summed E-state index contributed by atoms with van der Waals surface area (Å²) in [5.41, 5.74) is 2.19. The molecule has 2 rings (SSSR count). The lowest BCUT2D eigenvalue weighted by Gasteiger charge is -2.21. The van der Waals surface area contributed by atoms with Gasteiger partial charge >= 0.3 is 5.97 Å². The molecule has 0 atom stereocenters. The van der Waals surface area contributed by atoms with Gasteiger partial charge < -0.3 is 15.0 Å². The maximum atomic E-state index is 12.0. The molecule has 2 aromatic carbocycles. The van der Waals surface area contributed by atoms with E-state index in [0.717, 1.165) is 5.56 Å². The topological polar surface area (TPSA) is 75.7 Å². The Morgan fingerprint density at radius 2 is 1.67 bits per heavy atom. The van der Waals surface area contributed by atoms with E-state index in [-0.39, 0.29) is 11.8 Å². The number of hydrogen-bond acceptors (Lipinski definition) is 4. The summed E-state index contributed by atoms with van der Waals surface area (Å²) in [6.07, 6.45) is 1.08. The minimum atomic E-state index is -0.429. The molecule has 0 aliphatic rings. The van der Waals surface area contributed by atoms with Gasteiger partial charge in [0, 0.05) is 32.1 Å². The molecule has 27 heavy (non-hydrogen) atoms. The van der Waals surface area contributed by atoms with Gasteiger partial charge in [-0.2, -0.15) is 0 Å². The number of nitrogens with one attached hydrogen (secondary N) is 1. The Morgan fingerprint density at radius 3 is 2.26 bits per heavy atom. The molecular weight excluding hydrogens is 344 g/mol. The summed E-state index contributed by atoms with van der Waals surface area (Å²) in [4.78, 5) is 37.0. The normalized spacial score (nSPS) is 10.1. The predicted octanol–water partition coefficient (Wildman–Crippen LogP) is 2.58. The first kappa shape index (κ1) is 20.2. The molecule has 2 aromatic rings. The van der Waals surface area contributed by atoms with Crippen molar-refractivity contribution in [2.24, 2.45) is 0 Å². The number of benzene rings is 2. The first-order chi connectivity index (χ1) is 13.0. The van der Waals surface area contributed by atoms with Crippen LogP contribution in [-0.2, 0) is 20.7 Å². The van der Waals surface area contributed by atoms with Crippen LogP contribution in [0.1, 0.15) is 29.3 Å². The van der Waals surface area contributed by atoms with Gasteiger partial charge in [-0.1, -0.05) is 30.3 Å². The lowest BCUT2D eigenvalue weighted by Crippen LogP contribution is -2.37. The number of esters is 1. The summed E-state index contributed by atoms with van der Waals surface area (Å²) in [5.74, 6) is -0.621. The molecule has 0 heterocycles. The van der Waals surface area contributed by atoms with Crippen LogP contribution in [0.2, 0.25) is 0 Å². The number of hydrogen-bond donors (Lipinski definition) is 1. The highest BCUT2D eigenvalue weighted by atomic mass is 16.5. The molecular formula is C21H24N2O4. The number of nitrogens with zero attached hydrogens (tertiary/aromatic N) is 1. The summed E-state index contributed by atoms with van der Waals surface area (Å²) in [7, 11) is 1.32. The molecule has 6 nitrogen and oxygen atoms in total. The number of carbonyl (C=O) groups excluding carboxylic acids is 3. The van der Waals surface area contributed by atoms with Gasteiger partial charge in [-0.05, 0) is 36.2 Å². The van der Waals surface area contributed by atoms with E-state index in [2.05, 4.69) is 10.1 Å². The van der Waals surface area contributed by atoms with Crippen LogP contribution >= 0.6 is 0 Å². The van der Waals surface area contributed by atoms with Crippen LogP contribution in [0.5, 0.6) is 0 Å². The molecule has 0 bridgehead atoms. The van der Waals surface area contributed by atoms with Crippen molar-refractivity contribution < 1.29 is 19.1 Å². The van der Waals surface area contributed by atoms with Gasteiger partial charge in [-0.3, -0.25) is 9.59 Å². The van der Waals surface area contributed by atoms with Crippen LogP contribution in [-0.4, -0.2) is 38.0 Å². The average Bonchev–Trinajstić information content (AvgIpc) is 2.69. The lowest BCUT2D eigenvalue weighted by atomic mass is 10.1. The molecule has 0 saturated heterocycles. The van der Waals surface area contributed by atoms with Crippen molar-refractivity contribution in [2.75, 3.05) is 25.1 Å². The molecule has 0 aliphatic carbocycles. The van der Waals surface area contributed by atoms with E-state index >= 15 is 0 Å². The predicted molar refractivity (Wildman–Crippen MR) is 104 cm³/mol. The van der Waals surface area contributed by atoms with Gasteiger partial charge in [0.05, 0.1) is 12.7 Å². The zero-order chi connectivity index (χ0) is 19.6. The number of anilines is 1. The van der Waals surface area contributed by atoms with E-state index in [9.17, 15) is 14.4 Å². The largest absolute Gasteiger partial charge is 0.465 e. The number of rotatable bonds is 8. The Hall–Kier alpha value is -3.15. The lowest BCUT2D eigenvalue weighted by molar-refractivity contribution is -0.121. The number of methoxy groups -OCH3 is 1. The summed E-state index contributed by atoms with van der Waals surface area (Å²) in [5, 5.41) is 2.84. The summed E-state index contributed by atoms with van der Waals surface area (Å²) in [6.45, 7) is 2.17. The summed E-state index contributed by atoms with van der Waals surface area (Å²) >= 11 is 0. The molecule has 0 saturated carbocycles. The molecule has 0 unspecified atom stereocenters. The highest BCUT2D eigenvalue weighted by Gasteiger charge is 2.13. The Balaban J connectivity index is 1.84. The van der Waals surface area contributed by atoms with Gasteiger partial charge in [-0.25, -0.2) is 4.79 Å². The van der Waals surface area contributed by atoms with E-state index in [4.69, 9.17) is 0 Å². The van der Waals surface area contributed by atoms with Crippen LogP contribution in [0.15, 0.2) is 54.6 Å². The van der Waals surface area contributed by atoms with Gasteiger partial charge in [0.1, 0.15) is 0 Å². The van der Waals surface area contributed by atoms with Crippen molar-refractivity contribution in [3.8, 4) is 0 Å². The Morgan fingerprint density at radius 1 is 1.00 bits per heavy atom. The van der Waals surface area contributed by atoms with Crippen molar-refractivity contribution in [1.82, 2.24) is 5.32 Å². The van der Waals surface area contributed by atoms with Crippen LogP contribution in [0.25, 0.3) is 0 Å². The zero-order valence-corrected chi connectivity index (χ0v) is 15.6. The Kier molecular flexibility index (Phi) is 7.55. The minimum absolute atomic E-state index is 0.0524. The SMILES string of the molecule is COC(=O)c1ccc(N(CCNC(=O)CCc2ccccc2)C(C)=O)cc1. The molecule has 142 valence electrons. The summed E-state index contributed by atoms with van der Waals surface area (Å²) < 4.78 is 4.66. The second-order valence-electron chi connectivity index (χ2n) is 6.04. The zero-order valence-electron chi connectivity index (χ0n) is 15.6. The molecule has 1 N–H and O–H groups in total. The van der Waals surface area contributed by atoms with Crippen molar-refractivity contribution >= 4 is 23.5 Å². The van der Waals surface area contributed by atoms with E-state index < -0.39 is 5.97 Å². The monoisotopic (exact) mass is 368 g/mol. The van der Waals surface area contributed by atoms with Gasteiger partial charge in [-0.15, -0.1) is 0 Å². The van der Waals surface area contributed by atoms with Crippen LogP contribution < -0.4 is 10.2 Å². The average molecular weight is 368 g/mol. The van der Waals surface area contributed by atoms with E-state index in [1.807, 2.05) is 30.3 Å². The third-order valence-corrected chi connectivity index (χ3v) is 4.12. The van der Waals surface area contributed by atoms with Gasteiger partial charge in [0.25, 0.3) is 0 Å². The molecule has 6 heteroatoms. The second kappa shape index (κ2) is 10.1. The maximum absolute atomic E-state index is 12.0. The molecule has 0 aliphatic heterocycles. The third-order valence-electron chi connectivity index (χ3n) is 4.12. The third kappa shape index (κ3) is 6.26. The first-order valence-corrected chi connectivity index (χ1v) is 8.78. The van der Waals surface area contributed by atoms with Crippen molar-refractivity contribution in [2.45, 2.75) is 19.8 Å². The van der Waals surface area contributed by atoms with Crippen LogP contribution in [0.3, 0.4) is 0 Å². The Bertz CT molecular complexity index is 773. The number of aryl methyl sites for hydroxylation is 1. The molecule has 0 radical (unpaired) electrons. The maximum Gasteiger partial charge on any atom is 0.337 e. The minimum Gasteiger partial charge on any atom is -0.465 e. The molecule has 0 fully saturated rings. The standard InChI is InChI=1S/C21H24N2O4/c1-16(24)23(19-11-9-18(10-12-19)21(26)27-2)15-14-22-20(25)13-8-17-6-4-3-5-7-17/h3-7,9-12H,8,13-15H2,1-2H3,(H,22,25). The fourth-order valence-electron chi connectivity index (χ4n) is 2.66. The van der Waals surface area contributed by atoms with E-state index in [1.54, 1.807) is 29.2 Å². The Labute approximate surface area is 159 Å². The smallest absolute Gasteiger partial charge is 0.337 e. The van der Waals surface area contributed by atoms with Crippen molar-refractivity contribution in [1.29, 1.82) is 0 Å². The quantitative estimate of drug-likeness (QED) is 0.727. The molecule has 0 aromatic heterocycles. The van der Waals surface area contributed by atoms with Gasteiger partial charge in [0.2, 0.25) is 11.8 Å². The van der Waals surface area contributed by atoms with Crippen LogP contribution in [0, 0.1) is 0 Å². The molecule has 0 spiro atoms. The van der Waals surface area contributed by atoms with E-state index in [0.29, 0.717) is 37.2 Å². The number of amides is 2. The number of carbonyl (C=O) groups is 3. The van der Waals surface area contributed by atoms with E-state index in [1.165, 1.54) is 14.0 Å². The highest BCUT2D eigenvalue weighted by molar-refractivity contribution is 5.93. The van der Waals surface area contributed by atoms with Crippen molar-refractivity contribution in [3.05, 3.63) is 65.7 Å². The van der Waals surface area contributed by atoms with Crippen molar-refractivity contribution in [3.63, 3.8) is 0 Å². The van der Waals surface area contributed by atoms with Gasteiger partial charge in [0.15, 0.2) is 0 Å². The van der Waals surface area contributed by atoms with Crippen LogP contribution in [0.4, 0.5) is 5.69 Å².